The lowest BCUT2D eigenvalue weighted by atomic mass is 10.1. The molecule has 0 spiro atoms. The van der Waals surface area contributed by atoms with E-state index in [0.29, 0.717) is 5.92 Å². The number of nitrogens with one attached hydrogen (secondary N) is 1. The van der Waals surface area contributed by atoms with E-state index < -0.39 is 0 Å². The zero-order valence-corrected chi connectivity index (χ0v) is 12.9. The topological polar surface area (TPSA) is 29.9 Å². The molecule has 0 amide bonds. The van der Waals surface area contributed by atoms with Crippen LogP contribution in [-0.4, -0.2) is 21.9 Å². The highest BCUT2D eigenvalue weighted by molar-refractivity contribution is 5.10. The first-order valence-electron chi connectivity index (χ1n) is 7.16. The Kier molecular flexibility index (Phi) is 5.39. The smallest absolute Gasteiger partial charge is 0.0624 e. The molecular weight excluding hydrogens is 222 g/mol. The van der Waals surface area contributed by atoms with Gasteiger partial charge in [0.1, 0.15) is 0 Å². The molecule has 1 N–H and O–H groups in total. The molecule has 0 bridgehead atoms. The van der Waals surface area contributed by atoms with Crippen molar-refractivity contribution in [2.24, 2.45) is 5.92 Å². The lowest BCUT2D eigenvalue weighted by Gasteiger charge is -2.23. The van der Waals surface area contributed by atoms with Gasteiger partial charge in [-0.05, 0) is 52.1 Å². The minimum atomic E-state index is 0.195. The fraction of sp³-hybridized carbons (Fsp3) is 0.800. The molecule has 3 nitrogen and oxygen atoms in total. The third kappa shape index (κ3) is 4.81. The molecule has 1 rings (SSSR count). The summed E-state index contributed by atoms with van der Waals surface area (Å²) < 4.78 is 2.19. The fourth-order valence-electron chi connectivity index (χ4n) is 1.97. The summed E-state index contributed by atoms with van der Waals surface area (Å²) in [6.07, 6.45) is 2.08. The summed E-state index contributed by atoms with van der Waals surface area (Å²) in [5.74, 6) is 0.596. The van der Waals surface area contributed by atoms with Gasteiger partial charge in [0.25, 0.3) is 0 Å². The van der Waals surface area contributed by atoms with Gasteiger partial charge in [0.05, 0.1) is 5.69 Å². The van der Waals surface area contributed by atoms with Crippen LogP contribution in [0.4, 0.5) is 0 Å². The second-order valence-corrected chi connectivity index (χ2v) is 6.25. The predicted octanol–water partition coefficient (Wildman–Crippen LogP) is 3.03. The van der Waals surface area contributed by atoms with Crippen molar-refractivity contribution in [2.45, 2.75) is 66.5 Å². The Hall–Kier alpha value is -0.830. The highest BCUT2D eigenvalue weighted by atomic mass is 15.3. The summed E-state index contributed by atoms with van der Waals surface area (Å²) >= 11 is 0. The molecule has 0 aliphatic carbocycles. The molecule has 3 heteroatoms. The van der Waals surface area contributed by atoms with Crippen LogP contribution in [0.15, 0.2) is 6.07 Å². The molecule has 1 unspecified atom stereocenters. The average molecular weight is 251 g/mol. The van der Waals surface area contributed by atoms with Crippen molar-refractivity contribution in [3.05, 3.63) is 17.5 Å². The molecule has 0 saturated carbocycles. The second-order valence-electron chi connectivity index (χ2n) is 6.25. The molecule has 1 aromatic rings. The van der Waals surface area contributed by atoms with Crippen molar-refractivity contribution >= 4 is 0 Å². The summed E-state index contributed by atoms with van der Waals surface area (Å²) in [7, 11) is 0. The lowest BCUT2D eigenvalue weighted by molar-refractivity contribution is 0.348. The van der Waals surface area contributed by atoms with E-state index in [1.165, 1.54) is 11.4 Å². The molecule has 0 radical (unpaired) electrons. The molecular formula is C15H29N3. The fourth-order valence-corrected chi connectivity index (χ4v) is 1.97. The van der Waals surface area contributed by atoms with Crippen molar-refractivity contribution in [1.29, 1.82) is 0 Å². The summed E-state index contributed by atoms with van der Waals surface area (Å²) in [5.41, 5.74) is 2.76. The van der Waals surface area contributed by atoms with E-state index in [0.717, 1.165) is 25.9 Å². The third-order valence-corrected chi connectivity index (χ3v) is 3.10. The van der Waals surface area contributed by atoms with Crippen molar-refractivity contribution < 1.29 is 0 Å². The Morgan fingerprint density at radius 1 is 1.28 bits per heavy atom. The van der Waals surface area contributed by atoms with Crippen LogP contribution in [0.3, 0.4) is 0 Å². The van der Waals surface area contributed by atoms with Crippen LogP contribution in [-0.2, 0) is 19.4 Å². The van der Waals surface area contributed by atoms with E-state index >= 15 is 0 Å². The lowest BCUT2D eigenvalue weighted by Crippen LogP contribution is -2.39. The Morgan fingerprint density at radius 2 is 1.94 bits per heavy atom. The summed E-state index contributed by atoms with van der Waals surface area (Å²) in [5, 5.41) is 8.23. The first kappa shape index (κ1) is 15.2. The molecule has 0 aliphatic heterocycles. The number of aryl methyl sites for hydroxylation is 2. The summed E-state index contributed by atoms with van der Waals surface area (Å²) in [4.78, 5) is 0. The zero-order chi connectivity index (χ0) is 13.8. The highest BCUT2D eigenvalue weighted by Crippen LogP contribution is 2.10. The van der Waals surface area contributed by atoms with Crippen molar-refractivity contribution in [1.82, 2.24) is 15.1 Å². The van der Waals surface area contributed by atoms with Gasteiger partial charge in [-0.1, -0.05) is 20.8 Å². The summed E-state index contributed by atoms with van der Waals surface area (Å²) in [6, 6.07) is 2.24. The number of rotatable bonds is 6. The van der Waals surface area contributed by atoms with E-state index in [1.807, 2.05) is 0 Å². The maximum atomic E-state index is 4.67. The normalized spacial score (nSPS) is 13.9. The van der Waals surface area contributed by atoms with Gasteiger partial charge in [0, 0.05) is 17.8 Å². The van der Waals surface area contributed by atoms with Gasteiger partial charge in [0.2, 0.25) is 0 Å². The molecule has 1 aromatic heterocycles. The molecule has 1 heterocycles. The first-order chi connectivity index (χ1) is 8.35. The molecule has 104 valence electrons. The SMILES string of the molecule is CCc1cc(CC)n(CC(C)CNC(C)(C)C)n1. The van der Waals surface area contributed by atoms with E-state index in [1.54, 1.807) is 0 Å². The van der Waals surface area contributed by atoms with Gasteiger partial charge in [-0.25, -0.2) is 0 Å². The quantitative estimate of drug-likeness (QED) is 0.842. The van der Waals surface area contributed by atoms with Gasteiger partial charge in [-0.3, -0.25) is 4.68 Å². The minimum Gasteiger partial charge on any atom is -0.312 e. The van der Waals surface area contributed by atoms with Gasteiger partial charge in [-0.15, -0.1) is 0 Å². The Labute approximate surface area is 112 Å². The minimum absolute atomic E-state index is 0.195. The largest absolute Gasteiger partial charge is 0.312 e. The van der Waals surface area contributed by atoms with Crippen LogP contribution < -0.4 is 5.32 Å². The van der Waals surface area contributed by atoms with Crippen LogP contribution in [0.25, 0.3) is 0 Å². The Bertz CT molecular complexity index is 360. The van der Waals surface area contributed by atoms with Gasteiger partial charge < -0.3 is 5.32 Å². The molecule has 0 fully saturated rings. The average Bonchev–Trinajstić information content (AvgIpc) is 2.68. The monoisotopic (exact) mass is 251 g/mol. The Morgan fingerprint density at radius 3 is 2.44 bits per heavy atom. The molecule has 0 saturated heterocycles. The molecule has 1 atom stereocenters. The number of nitrogens with zero attached hydrogens (tertiary/aromatic N) is 2. The van der Waals surface area contributed by atoms with E-state index in [4.69, 9.17) is 0 Å². The van der Waals surface area contributed by atoms with Crippen molar-refractivity contribution in [3.8, 4) is 0 Å². The third-order valence-electron chi connectivity index (χ3n) is 3.10. The van der Waals surface area contributed by atoms with Gasteiger partial charge >= 0.3 is 0 Å². The molecule has 0 aromatic carbocycles. The Balaban J connectivity index is 2.58. The van der Waals surface area contributed by atoms with Crippen molar-refractivity contribution in [3.63, 3.8) is 0 Å². The van der Waals surface area contributed by atoms with Gasteiger partial charge in [-0.2, -0.15) is 5.10 Å². The van der Waals surface area contributed by atoms with Gasteiger partial charge in [0.15, 0.2) is 0 Å². The molecule has 0 aliphatic rings. The number of hydrogen-bond donors (Lipinski definition) is 1. The van der Waals surface area contributed by atoms with Crippen LogP contribution in [0.2, 0.25) is 0 Å². The summed E-state index contributed by atoms with van der Waals surface area (Å²) in [6.45, 7) is 15.3. The maximum Gasteiger partial charge on any atom is 0.0624 e. The van der Waals surface area contributed by atoms with Crippen LogP contribution in [0.1, 0.15) is 52.9 Å². The van der Waals surface area contributed by atoms with Crippen LogP contribution in [0, 0.1) is 5.92 Å². The zero-order valence-electron chi connectivity index (χ0n) is 12.9. The maximum absolute atomic E-state index is 4.67. The second kappa shape index (κ2) is 6.37. The van der Waals surface area contributed by atoms with E-state index in [-0.39, 0.29) is 5.54 Å². The molecule has 18 heavy (non-hydrogen) atoms. The standard InChI is InChI=1S/C15H29N3/c1-7-13-9-14(8-2)18(17-13)11-12(3)10-16-15(4,5)6/h9,12,16H,7-8,10-11H2,1-6H3. The van der Waals surface area contributed by atoms with Crippen LogP contribution >= 0.6 is 0 Å². The van der Waals surface area contributed by atoms with Crippen molar-refractivity contribution in [2.75, 3.05) is 6.54 Å². The van der Waals surface area contributed by atoms with Crippen LogP contribution in [0.5, 0.6) is 0 Å². The number of aromatic nitrogens is 2. The van der Waals surface area contributed by atoms with E-state index in [2.05, 4.69) is 62.7 Å². The predicted molar refractivity (Wildman–Crippen MR) is 77.9 cm³/mol. The van der Waals surface area contributed by atoms with E-state index in [9.17, 15) is 0 Å². The first-order valence-corrected chi connectivity index (χ1v) is 7.16. The number of hydrogen-bond acceptors (Lipinski definition) is 2. The highest BCUT2D eigenvalue weighted by Gasteiger charge is 2.13.